The number of ether oxygens (including phenoxy) is 3. The second-order valence-electron chi connectivity index (χ2n) is 3.78. The van der Waals surface area contributed by atoms with E-state index in [0.717, 1.165) is 6.20 Å². The molecule has 0 unspecified atom stereocenters. The number of esters is 3. The molecule has 1 aromatic rings. The van der Waals surface area contributed by atoms with Gasteiger partial charge in [-0.05, 0) is 26.8 Å². The van der Waals surface area contributed by atoms with E-state index >= 15 is 0 Å². The van der Waals surface area contributed by atoms with Gasteiger partial charge in [-0.3, -0.25) is 0 Å². The minimum absolute atomic E-state index is 0.0525. The SMILES string of the molecule is CCOC(=O)c1cc(C(=O)OCC)c(C(=O)OCC)cn1. The van der Waals surface area contributed by atoms with Crippen molar-refractivity contribution in [2.24, 2.45) is 0 Å². The molecule has 0 N–H and O–H groups in total. The molecule has 7 heteroatoms. The molecule has 21 heavy (non-hydrogen) atoms. The largest absolute Gasteiger partial charge is 0.462 e. The molecule has 0 radical (unpaired) electrons. The number of carbonyl (C=O) groups is 3. The zero-order valence-corrected chi connectivity index (χ0v) is 12.2. The van der Waals surface area contributed by atoms with Gasteiger partial charge in [0.1, 0.15) is 5.69 Å². The van der Waals surface area contributed by atoms with E-state index in [1.54, 1.807) is 20.8 Å². The quantitative estimate of drug-likeness (QED) is 0.581. The smallest absolute Gasteiger partial charge is 0.356 e. The summed E-state index contributed by atoms with van der Waals surface area (Å²) in [6.45, 7) is 5.39. The van der Waals surface area contributed by atoms with Crippen LogP contribution in [0.15, 0.2) is 12.3 Å². The van der Waals surface area contributed by atoms with Crippen molar-refractivity contribution in [3.05, 3.63) is 29.1 Å². The molecule has 0 saturated heterocycles. The van der Waals surface area contributed by atoms with Gasteiger partial charge in [0.15, 0.2) is 0 Å². The van der Waals surface area contributed by atoms with Crippen LogP contribution < -0.4 is 0 Å². The lowest BCUT2D eigenvalue weighted by Crippen LogP contribution is -2.17. The summed E-state index contributed by atoms with van der Waals surface area (Å²) < 4.78 is 14.5. The van der Waals surface area contributed by atoms with Crippen molar-refractivity contribution in [1.82, 2.24) is 4.98 Å². The Balaban J connectivity index is 3.22. The number of hydrogen-bond donors (Lipinski definition) is 0. The van der Waals surface area contributed by atoms with Crippen molar-refractivity contribution >= 4 is 17.9 Å². The molecule has 0 aliphatic heterocycles. The summed E-state index contributed by atoms with van der Waals surface area (Å²) in [6, 6.07) is 1.17. The minimum Gasteiger partial charge on any atom is -0.462 e. The maximum atomic E-state index is 11.9. The van der Waals surface area contributed by atoms with E-state index < -0.39 is 17.9 Å². The summed E-state index contributed by atoms with van der Waals surface area (Å²) >= 11 is 0. The van der Waals surface area contributed by atoms with Crippen LogP contribution in [0.2, 0.25) is 0 Å². The number of rotatable bonds is 6. The first kappa shape index (κ1) is 16.6. The molecule has 0 aromatic carbocycles. The van der Waals surface area contributed by atoms with E-state index in [9.17, 15) is 14.4 Å². The van der Waals surface area contributed by atoms with E-state index in [0.29, 0.717) is 0 Å². The van der Waals surface area contributed by atoms with Crippen molar-refractivity contribution in [1.29, 1.82) is 0 Å². The highest BCUT2D eigenvalue weighted by Gasteiger charge is 2.22. The van der Waals surface area contributed by atoms with E-state index in [-0.39, 0.29) is 36.6 Å². The summed E-state index contributed by atoms with van der Waals surface area (Å²) in [7, 11) is 0. The Morgan fingerprint density at radius 2 is 1.33 bits per heavy atom. The van der Waals surface area contributed by atoms with Crippen LogP contribution in [0.4, 0.5) is 0 Å². The molecule has 7 nitrogen and oxygen atoms in total. The molecule has 0 aliphatic carbocycles. The Morgan fingerprint density at radius 3 is 1.86 bits per heavy atom. The maximum Gasteiger partial charge on any atom is 0.356 e. The fraction of sp³-hybridized carbons (Fsp3) is 0.429. The van der Waals surface area contributed by atoms with Gasteiger partial charge in [0, 0.05) is 6.20 Å². The Kier molecular flexibility index (Phi) is 6.32. The molecule has 0 atom stereocenters. The summed E-state index contributed by atoms with van der Waals surface area (Å²) in [5.74, 6) is -2.12. The Hall–Kier alpha value is -2.44. The number of carbonyl (C=O) groups excluding carboxylic acids is 3. The lowest BCUT2D eigenvalue weighted by Gasteiger charge is -2.09. The second-order valence-corrected chi connectivity index (χ2v) is 3.78. The van der Waals surface area contributed by atoms with Gasteiger partial charge in [0.2, 0.25) is 0 Å². The topological polar surface area (TPSA) is 91.8 Å². The zero-order valence-electron chi connectivity index (χ0n) is 12.2. The fourth-order valence-corrected chi connectivity index (χ4v) is 1.52. The van der Waals surface area contributed by atoms with Crippen LogP contribution in [0.25, 0.3) is 0 Å². The van der Waals surface area contributed by atoms with Crippen molar-refractivity contribution in [3.63, 3.8) is 0 Å². The average Bonchev–Trinajstić information content (AvgIpc) is 2.47. The number of aromatic nitrogens is 1. The summed E-state index contributed by atoms with van der Waals surface area (Å²) in [6.07, 6.45) is 1.11. The van der Waals surface area contributed by atoms with Crippen LogP contribution in [0.3, 0.4) is 0 Å². The number of hydrogen-bond acceptors (Lipinski definition) is 7. The molecule has 1 heterocycles. The molecule has 0 bridgehead atoms. The van der Waals surface area contributed by atoms with Gasteiger partial charge in [-0.2, -0.15) is 0 Å². The Labute approximate surface area is 122 Å². The predicted octanol–water partition coefficient (Wildman–Crippen LogP) is 1.61. The standard InChI is InChI=1S/C14H17NO6/c1-4-19-12(16)9-7-11(14(18)21-6-3)15-8-10(9)13(17)20-5-2/h7-8H,4-6H2,1-3H3. The molecule has 0 fully saturated rings. The minimum atomic E-state index is -0.728. The predicted molar refractivity (Wildman–Crippen MR) is 72.1 cm³/mol. The van der Waals surface area contributed by atoms with Crippen molar-refractivity contribution < 1.29 is 28.6 Å². The monoisotopic (exact) mass is 295 g/mol. The Morgan fingerprint density at radius 1 is 0.857 bits per heavy atom. The van der Waals surface area contributed by atoms with Crippen LogP contribution >= 0.6 is 0 Å². The third-order valence-electron chi connectivity index (χ3n) is 2.38. The molecule has 0 spiro atoms. The maximum absolute atomic E-state index is 11.9. The summed E-state index contributed by atoms with van der Waals surface area (Å²) in [5, 5.41) is 0. The molecular formula is C14H17NO6. The van der Waals surface area contributed by atoms with Crippen LogP contribution in [0, 0.1) is 0 Å². The van der Waals surface area contributed by atoms with Gasteiger partial charge >= 0.3 is 17.9 Å². The van der Waals surface area contributed by atoms with Gasteiger partial charge in [0.05, 0.1) is 30.9 Å². The van der Waals surface area contributed by atoms with Gasteiger partial charge in [-0.1, -0.05) is 0 Å². The molecular weight excluding hydrogens is 278 g/mol. The van der Waals surface area contributed by atoms with Crippen LogP contribution in [-0.4, -0.2) is 42.7 Å². The van der Waals surface area contributed by atoms with Crippen LogP contribution in [-0.2, 0) is 14.2 Å². The molecule has 0 saturated carbocycles. The molecule has 0 amide bonds. The normalized spacial score (nSPS) is 9.86. The van der Waals surface area contributed by atoms with Crippen LogP contribution in [0.1, 0.15) is 52.0 Å². The summed E-state index contributed by atoms with van der Waals surface area (Å²) in [4.78, 5) is 39.1. The highest BCUT2D eigenvalue weighted by molar-refractivity contribution is 6.04. The van der Waals surface area contributed by atoms with Crippen molar-refractivity contribution in [2.75, 3.05) is 19.8 Å². The van der Waals surface area contributed by atoms with E-state index in [4.69, 9.17) is 14.2 Å². The highest BCUT2D eigenvalue weighted by Crippen LogP contribution is 2.14. The highest BCUT2D eigenvalue weighted by atomic mass is 16.5. The first-order chi connectivity index (χ1) is 10.0. The first-order valence-electron chi connectivity index (χ1n) is 6.56. The van der Waals surface area contributed by atoms with Gasteiger partial charge in [-0.15, -0.1) is 0 Å². The third-order valence-corrected chi connectivity index (χ3v) is 2.38. The van der Waals surface area contributed by atoms with Crippen molar-refractivity contribution in [2.45, 2.75) is 20.8 Å². The number of pyridine rings is 1. The van der Waals surface area contributed by atoms with E-state index in [1.165, 1.54) is 6.07 Å². The van der Waals surface area contributed by atoms with Gasteiger partial charge in [0.25, 0.3) is 0 Å². The lowest BCUT2D eigenvalue weighted by atomic mass is 10.1. The third kappa shape index (κ3) is 4.27. The van der Waals surface area contributed by atoms with E-state index in [2.05, 4.69) is 4.98 Å². The van der Waals surface area contributed by atoms with Gasteiger partial charge < -0.3 is 14.2 Å². The van der Waals surface area contributed by atoms with E-state index in [1.807, 2.05) is 0 Å². The zero-order chi connectivity index (χ0) is 15.8. The lowest BCUT2D eigenvalue weighted by molar-refractivity contribution is 0.0474. The molecule has 1 aromatic heterocycles. The first-order valence-corrected chi connectivity index (χ1v) is 6.56. The summed E-state index contributed by atoms with van der Waals surface area (Å²) in [5.41, 5.74) is -0.204. The van der Waals surface area contributed by atoms with Crippen LogP contribution in [0.5, 0.6) is 0 Å². The van der Waals surface area contributed by atoms with Gasteiger partial charge in [-0.25, -0.2) is 19.4 Å². The molecule has 0 aliphatic rings. The molecule has 1 rings (SSSR count). The Bertz CT molecular complexity index is 540. The number of nitrogens with zero attached hydrogens (tertiary/aromatic N) is 1. The second kappa shape index (κ2) is 7.98. The van der Waals surface area contributed by atoms with Crippen molar-refractivity contribution in [3.8, 4) is 0 Å². The average molecular weight is 295 g/mol. The molecule has 114 valence electrons. The fourth-order valence-electron chi connectivity index (χ4n) is 1.52.